The molecule has 1 heterocycles. The summed E-state index contributed by atoms with van der Waals surface area (Å²) >= 11 is 0. The smallest absolute Gasteiger partial charge is 0.126 e. The minimum Gasteiger partial charge on any atom is -0.493 e. The van der Waals surface area contributed by atoms with Gasteiger partial charge >= 0.3 is 0 Å². The van der Waals surface area contributed by atoms with E-state index in [2.05, 4.69) is 90.0 Å². The highest BCUT2D eigenvalue weighted by atomic mass is 16.5. The lowest BCUT2D eigenvalue weighted by molar-refractivity contribution is 0.312. The molecule has 1 aliphatic rings. The van der Waals surface area contributed by atoms with E-state index in [0.29, 0.717) is 0 Å². The highest BCUT2D eigenvalue weighted by molar-refractivity contribution is 5.71. The summed E-state index contributed by atoms with van der Waals surface area (Å²) in [6.07, 6.45) is 3.26. The first-order valence-corrected chi connectivity index (χ1v) is 9.13. The van der Waals surface area contributed by atoms with Crippen LogP contribution in [0.5, 0.6) is 5.75 Å². The van der Waals surface area contributed by atoms with Gasteiger partial charge in [-0.25, -0.2) is 0 Å². The molecule has 0 spiro atoms. The van der Waals surface area contributed by atoms with Crippen molar-refractivity contribution in [1.82, 2.24) is 4.90 Å². The van der Waals surface area contributed by atoms with E-state index >= 15 is 0 Å². The van der Waals surface area contributed by atoms with Crippen LogP contribution in [0.4, 0.5) is 0 Å². The van der Waals surface area contributed by atoms with E-state index in [1.54, 1.807) is 0 Å². The SMILES string of the molecule is C(=C1/CCOc2ccccc21)/N(Cc1ccccc1)Cc1ccccc1. The van der Waals surface area contributed by atoms with E-state index in [-0.39, 0.29) is 0 Å². The minimum absolute atomic E-state index is 0.743. The van der Waals surface area contributed by atoms with Crippen LogP contribution in [-0.4, -0.2) is 11.5 Å². The van der Waals surface area contributed by atoms with Gasteiger partial charge in [0.15, 0.2) is 0 Å². The summed E-state index contributed by atoms with van der Waals surface area (Å²) < 4.78 is 5.81. The normalized spacial score (nSPS) is 14.5. The Morgan fingerprint density at radius 1 is 0.731 bits per heavy atom. The van der Waals surface area contributed by atoms with Gasteiger partial charge in [-0.3, -0.25) is 0 Å². The lowest BCUT2D eigenvalue weighted by Crippen LogP contribution is -2.18. The highest BCUT2D eigenvalue weighted by Crippen LogP contribution is 2.33. The Hall–Kier alpha value is -3.00. The molecule has 2 heteroatoms. The molecule has 0 bridgehead atoms. The maximum absolute atomic E-state index is 5.81. The molecular formula is C24H23NO. The molecule has 0 radical (unpaired) electrons. The Bertz CT molecular complexity index is 829. The van der Waals surface area contributed by atoms with E-state index in [9.17, 15) is 0 Å². The maximum atomic E-state index is 5.81. The van der Waals surface area contributed by atoms with Crippen LogP contribution in [0.2, 0.25) is 0 Å². The summed E-state index contributed by atoms with van der Waals surface area (Å²) in [6, 6.07) is 29.6. The second kappa shape index (κ2) is 7.92. The predicted molar refractivity (Wildman–Crippen MR) is 107 cm³/mol. The van der Waals surface area contributed by atoms with E-state index in [1.165, 1.54) is 22.3 Å². The van der Waals surface area contributed by atoms with Crippen LogP contribution >= 0.6 is 0 Å². The Morgan fingerprint density at radius 2 is 1.31 bits per heavy atom. The molecule has 0 fully saturated rings. The summed E-state index contributed by atoms with van der Waals surface area (Å²) in [7, 11) is 0. The fourth-order valence-electron chi connectivity index (χ4n) is 3.40. The second-order valence-electron chi connectivity index (χ2n) is 6.63. The molecule has 4 rings (SSSR count). The summed E-state index contributed by atoms with van der Waals surface area (Å²) in [5.74, 6) is 0.990. The van der Waals surface area contributed by atoms with E-state index in [4.69, 9.17) is 4.74 Å². The monoisotopic (exact) mass is 341 g/mol. The van der Waals surface area contributed by atoms with Crippen molar-refractivity contribution in [2.24, 2.45) is 0 Å². The Labute approximate surface area is 155 Å². The van der Waals surface area contributed by atoms with Gasteiger partial charge in [-0.1, -0.05) is 78.9 Å². The lowest BCUT2D eigenvalue weighted by atomic mass is 10.0. The Morgan fingerprint density at radius 3 is 1.96 bits per heavy atom. The third-order valence-electron chi connectivity index (χ3n) is 4.66. The number of nitrogens with zero attached hydrogens (tertiary/aromatic N) is 1. The van der Waals surface area contributed by atoms with Crippen LogP contribution < -0.4 is 4.74 Å². The molecule has 0 saturated heterocycles. The average Bonchev–Trinajstić information content (AvgIpc) is 2.70. The van der Waals surface area contributed by atoms with Crippen molar-refractivity contribution in [1.29, 1.82) is 0 Å². The van der Waals surface area contributed by atoms with Crippen LogP contribution in [0.25, 0.3) is 5.57 Å². The van der Waals surface area contributed by atoms with E-state index in [0.717, 1.165) is 31.9 Å². The van der Waals surface area contributed by atoms with Crippen LogP contribution in [0.1, 0.15) is 23.1 Å². The molecule has 0 atom stereocenters. The molecular weight excluding hydrogens is 318 g/mol. The maximum Gasteiger partial charge on any atom is 0.126 e. The van der Waals surface area contributed by atoms with Crippen molar-refractivity contribution < 1.29 is 4.74 Å². The summed E-state index contributed by atoms with van der Waals surface area (Å²) in [5.41, 5.74) is 5.20. The van der Waals surface area contributed by atoms with Crippen molar-refractivity contribution in [2.75, 3.05) is 6.61 Å². The fourth-order valence-corrected chi connectivity index (χ4v) is 3.40. The van der Waals surface area contributed by atoms with Crippen LogP contribution in [0.15, 0.2) is 91.1 Å². The molecule has 0 aliphatic carbocycles. The van der Waals surface area contributed by atoms with Gasteiger partial charge in [0.2, 0.25) is 0 Å². The number of hydrogen-bond acceptors (Lipinski definition) is 2. The molecule has 3 aromatic rings. The highest BCUT2D eigenvalue weighted by Gasteiger charge is 2.16. The molecule has 0 unspecified atom stereocenters. The number of hydrogen-bond donors (Lipinski definition) is 0. The molecule has 0 aromatic heterocycles. The molecule has 1 aliphatic heterocycles. The first-order valence-electron chi connectivity index (χ1n) is 9.13. The molecule has 2 nitrogen and oxygen atoms in total. The van der Waals surface area contributed by atoms with Gasteiger partial charge in [-0.2, -0.15) is 0 Å². The quantitative estimate of drug-likeness (QED) is 0.606. The van der Waals surface area contributed by atoms with Crippen molar-refractivity contribution in [2.45, 2.75) is 19.5 Å². The summed E-state index contributed by atoms with van der Waals surface area (Å²) in [4.78, 5) is 2.40. The van der Waals surface area contributed by atoms with Gasteiger partial charge in [0.1, 0.15) is 5.75 Å². The average molecular weight is 341 g/mol. The van der Waals surface area contributed by atoms with E-state index < -0.39 is 0 Å². The molecule has 3 aromatic carbocycles. The third-order valence-corrected chi connectivity index (χ3v) is 4.66. The van der Waals surface area contributed by atoms with Gasteiger partial charge in [0.05, 0.1) is 6.61 Å². The fraction of sp³-hybridized carbons (Fsp3) is 0.167. The minimum atomic E-state index is 0.743. The molecule has 0 N–H and O–H groups in total. The number of rotatable bonds is 5. The van der Waals surface area contributed by atoms with Gasteiger partial charge in [-0.05, 0) is 22.8 Å². The zero-order valence-electron chi connectivity index (χ0n) is 14.8. The van der Waals surface area contributed by atoms with Crippen molar-refractivity contribution in [3.8, 4) is 5.75 Å². The van der Waals surface area contributed by atoms with Gasteiger partial charge in [-0.15, -0.1) is 0 Å². The predicted octanol–water partition coefficient (Wildman–Crippen LogP) is 5.51. The van der Waals surface area contributed by atoms with Gasteiger partial charge in [0, 0.05) is 31.3 Å². The molecule has 0 saturated carbocycles. The van der Waals surface area contributed by atoms with Gasteiger partial charge < -0.3 is 9.64 Å². The molecule has 26 heavy (non-hydrogen) atoms. The summed E-state index contributed by atoms with van der Waals surface area (Å²) in [5, 5.41) is 0. The molecule has 0 amide bonds. The standard InChI is InChI=1S/C24H23NO/c1-3-9-20(10-4-1)17-25(18-21-11-5-2-6-12-21)19-22-15-16-26-24-14-8-7-13-23(22)24/h1-14,19H,15-18H2/b22-19+. The van der Waals surface area contributed by atoms with Gasteiger partial charge in [0.25, 0.3) is 0 Å². The van der Waals surface area contributed by atoms with Crippen molar-refractivity contribution in [3.63, 3.8) is 0 Å². The second-order valence-corrected chi connectivity index (χ2v) is 6.63. The zero-order chi connectivity index (χ0) is 17.6. The Kier molecular flexibility index (Phi) is 5.02. The first-order chi connectivity index (χ1) is 12.9. The number of para-hydroxylation sites is 1. The summed E-state index contributed by atoms with van der Waals surface area (Å²) in [6.45, 7) is 2.53. The first kappa shape index (κ1) is 16.5. The van der Waals surface area contributed by atoms with Crippen molar-refractivity contribution >= 4 is 5.57 Å². The van der Waals surface area contributed by atoms with E-state index in [1.807, 2.05) is 6.07 Å². The Balaban J connectivity index is 1.64. The number of fused-ring (bicyclic) bond motifs is 1. The van der Waals surface area contributed by atoms with Crippen LogP contribution in [0, 0.1) is 0 Å². The van der Waals surface area contributed by atoms with Crippen LogP contribution in [0.3, 0.4) is 0 Å². The number of benzene rings is 3. The van der Waals surface area contributed by atoms with Crippen molar-refractivity contribution in [3.05, 3.63) is 108 Å². The third kappa shape index (κ3) is 3.97. The lowest BCUT2D eigenvalue weighted by Gasteiger charge is -2.26. The molecule has 130 valence electrons. The van der Waals surface area contributed by atoms with Crippen LogP contribution in [-0.2, 0) is 13.1 Å². The largest absolute Gasteiger partial charge is 0.493 e. The zero-order valence-corrected chi connectivity index (χ0v) is 14.8. The number of ether oxygens (including phenoxy) is 1. The topological polar surface area (TPSA) is 12.5 Å².